The van der Waals surface area contributed by atoms with E-state index < -0.39 is 17.4 Å². The molecule has 6 rings (SSSR count). The van der Waals surface area contributed by atoms with Crippen molar-refractivity contribution in [3.63, 3.8) is 0 Å². The quantitative estimate of drug-likeness (QED) is 0.429. The Labute approximate surface area is 200 Å². The Morgan fingerprint density at radius 1 is 1.00 bits per heavy atom. The third-order valence-electron chi connectivity index (χ3n) is 8.31. The second-order valence-electron chi connectivity index (χ2n) is 10.1. The van der Waals surface area contributed by atoms with E-state index in [4.69, 9.17) is 4.74 Å². The summed E-state index contributed by atoms with van der Waals surface area (Å²) in [5.41, 5.74) is 0.266. The summed E-state index contributed by atoms with van der Waals surface area (Å²) >= 11 is 0. The number of ether oxygens (including phenoxy) is 1. The molecule has 1 aromatic carbocycles. The summed E-state index contributed by atoms with van der Waals surface area (Å²) in [4.78, 5) is 45.2. The van der Waals surface area contributed by atoms with Crippen molar-refractivity contribution in [3.8, 4) is 0 Å². The Kier molecular flexibility index (Phi) is 6.46. The minimum atomic E-state index is -0.781. The third kappa shape index (κ3) is 4.05. The lowest BCUT2D eigenvalue weighted by Gasteiger charge is -2.50. The van der Waals surface area contributed by atoms with Crippen LogP contribution in [0.15, 0.2) is 24.3 Å². The molecule has 7 nitrogen and oxygen atoms in total. The fourth-order valence-electron chi connectivity index (χ4n) is 6.64. The van der Waals surface area contributed by atoms with E-state index in [1.807, 2.05) is 19.1 Å². The summed E-state index contributed by atoms with van der Waals surface area (Å²) in [6.45, 7) is 7.33. The second kappa shape index (κ2) is 9.38. The van der Waals surface area contributed by atoms with Crippen LogP contribution in [0, 0.1) is 23.6 Å². The second-order valence-corrected chi connectivity index (χ2v) is 10.1. The van der Waals surface area contributed by atoms with E-state index in [1.165, 1.54) is 17.0 Å². The predicted molar refractivity (Wildman–Crippen MR) is 125 cm³/mol. The van der Waals surface area contributed by atoms with Crippen molar-refractivity contribution >= 4 is 23.3 Å². The Morgan fingerprint density at radius 2 is 1.71 bits per heavy atom. The van der Waals surface area contributed by atoms with Gasteiger partial charge in [-0.15, -0.1) is 0 Å². The van der Waals surface area contributed by atoms with Gasteiger partial charge in [-0.2, -0.15) is 0 Å². The number of ketones is 1. The predicted octanol–water partition coefficient (Wildman–Crippen LogP) is 2.49. The lowest BCUT2D eigenvalue weighted by molar-refractivity contribution is -0.180. The first-order chi connectivity index (χ1) is 16.4. The molecule has 3 aliphatic carbocycles. The van der Waals surface area contributed by atoms with Crippen LogP contribution in [0.4, 0.5) is 10.1 Å². The van der Waals surface area contributed by atoms with E-state index in [2.05, 4.69) is 9.80 Å². The molecular formula is C26H34FN3O4. The molecule has 5 fully saturated rings. The molecule has 0 unspecified atom stereocenters. The normalized spacial score (nSPS) is 31.5. The minimum absolute atomic E-state index is 0.0868. The van der Waals surface area contributed by atoms with Gasteiger partial charge in [-0.25, -0.2) is 4.39 Å². The van der Waals surface area contributed by atoms with Crippen molar-refractivity contribution < 1.29 is 23.5 Å². The van der Waals surface area contributed by atoms with Gasteiger partial charge in [0.1, 0.15) is 11.6 Å². The van der Waals surface area contributed by atoms with Crippen molar-refractivity contribution in [2.45, 2.75) is 44.6 Å². The number of carbonyl (C=O) groups is 3. The topological polar surface area (TPSA) is 70.2 Å². The Balaban J connectivity index is 1.11. The number of hydrogen-bond donors (Lipinski definition) is 0. The maximum atomic E-state index is 13.3. The number of nitrogens with zero attached hydrogens (tertiary/aromatic N) is 3. The molecule has 0 N–H and O–H groups in total. The van der Waals surface area contributed by atoms with E-state index in [0.717, 1.165) is 51.3 Å². The summed E-state index contributed by atoms with van der Waals surface area (Å²) in [6, 6.07) is 6.64. The molecule has 8 heteroatoms. The number of unbranched alkanes of at least 4 members (excludes halogenated alkanes) is 1. The number of carbonyl (C=O) groups excluding carboxylic acids is 3. The van der Waals surface area contributed by atoms with Crippen LogP contribution in [0.1, 0.15) is 39.0 Å². The highest BCUT2D eigenvalue weighted by Gasteiger charge is 2.67. The number of halogens is 1. The lowest BCUT2D eigenvalue weighted by atomic mass is 9.56. The van der Waals surface area contributed by atoms with Gasteiger partial charge in [0.15, 0.2) is 0 Å². The van der Waals surface area contributed by atoms with Crippen LogP contribution in [0.2, 0.25) is 0 Å². The number of fused-ring (bicyclic) bond motifs is 2. The maximum absolute atomic E-state index is 13.3. The largest absolute Gasteiger partial charge is 0.374 e. The van der Waals surface area contributed by atoms with Gasteiger partial charge in [0, 0.05) is 57.4 Å². The minimum Gasteiger partial charge on any atom is -0.374 e. The summed E-state index contributed by atoms with van der Waals surface area (Å²) in [7, 11) is 0. The van der Waals surface area contributed by atoms with Crippen LogP contribution in [-0.2, 0) is 19.1 Å². The number of rotatable bonds is 8. The number of piperazine rings is 1. The van der Waals surface area contributed by atoms with Crippen molar-refractivity contribution in [2.75, 3.05) is 50.8 Å². The van der Waals surface area contributed by atoms with Crippen LogP contribution in [0.25, 0.3) is 0 Å². The molecule has 34 heavy (non-hydrogen) atoms. The van der Waals surface area contributed by atoms with Crippen LogP contribution in [-0.4, -0.2) is 78.9 Å². The van der Waals surface area contributed by atoms with Crippen molar-refractivity contribution in [2.24, 2.45) is 17.8 Å². The van der Waals surface area contributed by atoms with Gasteiger partial charge >= 0.3 is 0 Å². The summed E-state index contributed by atoms with van der Waals surface area (Å²) < 4.78 is 19.2. The summed E-state index contributed by atoms with van der Waals surface area (Å²) in [5.74, 6) is -1.75. The lowest BCUT2D eigenvalue weighted by Crippen LogP contribution is -2.59. The number of amides is 2. The van der Waals surface area contributed by atoms with E-state index in [9.17, 15) is 18.8 Å². The summed E-state index contributed by atoms with van der Waals surface area (Å²) in [6.07, 6.45) is 3.27. The number of imide groups is 1. The average Bonchev–Trinajstić information content (AvgIpc) is 3.10. The molecule has 0 aromatic heterocycles. The van der Waals surface area contributed by atoms with Crippen LogP contribution in [0.5, 0.6) is 0 Å². The Bertz CT molecular complexity index is 942. The molecule has 2 heterocycles. The van der Waals surface area contributed by atoms with Crippen LogP contribution in [0.3, 0.4) is 0 Å². The molecule has 184 valence electrons. The zero-order valence-electron chi connectivity index (χ0n) is 19.9. The molecule has 0 radical (unpaired) electrons. The van der Waals surface area contributed by atoms with Gasteiger partial charge in [-0.1, -0.05) is 0 Å². The van der Waals surface area contributed by atoms with E-state index >= 15 is 0 Å². The first-order valence-electron chi connectivity index (χ1n) is 12.7. The van der Waals surface area contributed by atoms with Gasteiger partial charge in [-0.3, -0.25) is 24.2 Å². The maximum Gasteiger partial charge on any atom is 0.236 e. The van der Waals surface area contributed by atoms with E-state index in [0.29, 0.717) is 26.0 Å². The molecule has 2 aliphatic heterocycles. The highest BCUT2D eigenvalue weighted by atomic mass is 19.1. The molecule has 1 aromatic rings. The molecule has 4 atom stereocenters. The number of likely N-dealkylation sites (tertiary alicyclic amines) is 1. The van der Waals surface area contributed by atoms with Gasteiger partial charge in [0.05, 0.1) is 17.4 Å². The van der Waals surface area contributed by atoms with E-state index in [-0.39, 0.29) is 35.8 Å². The van der Waals surface area contributed by atoms with Crippen molar-refractivity contribution in [3.05, 3.63) is 30.1 Å². The fourth-order valence-corrected chi connectivity index (χ4v) is 6.64. The number of Topliss-reactive ketones (excluding diaryl/α,β-unsaturated/α-hetero) is 1. The van der Waals surface area contributed by atoms with E-state index in [1.54, 1.807) is 0 Å². The first-order valence-corrected chi connectivity index (χ1v) is 12.7. The zero-order valence-corrected chi connectivity index (χ0v) is 19.9. The highest BCUT2D eigenvalue weighted by Crippen LogP contribution is 2.55. The standard InChI is InChI=1S/C26H34FN3O4/c1-2-34-26-10-9-20(21(31)17-26)22-23(26)25(33)30(24(22)32)12-4-3-11-28-13-15-29(16-14-28)19-7-5-18(27)6-8-19/h5-8,20,22-23H,2-4,9-17H2,1H3/t20-,22-,23+,26-/m1/s1. The molecule has 5 aliphatic rings. The monoisotopic (exact) mass is 471 g/mol. The SMILES string of the molecule is CCO[C@]12CC[C@H](C(=O)C1)[C@H]1C(=O)N(CCCCN3CCN(c4ccc(F)cc4)CC3)C(=O)[C@H]12. The van der Waals surface area contributed by atoms with Crippen molar-refractivity contribution in [1.29, 1.82) is 0 Å². The Hall–Kier alpha value is -2.32. The smallest absolute Gasteiger partial charge is 0.236 e. The molecule has 2 amide bonds. The third-order valence-corrected chi connectivity index (χ3v) is 8.31. The first kappa shape index (κ1) is 23.4. The van der Waals surface area contributed by atoms with Gasteiger partial charge in [0.2, 0.25) is 11.8 Å². The molecular weight excluding hydrogens is 437 g/mol. The highest BCUT2D eigenvalue weighted by molar-refractivity contribution is 6.09. The average molecular weight is 472 g/mol. The number of hydrogen-bond acceptors (Lipinski definition) is 6. The van der Waals surface area contributed by atoms with Gasteiger partial charge < -0.3 is 9.64 Å². The molecule has 2 saturated heterocycles. The molecule has 3 saturated carbocycles. The number of benzene rings is 1. The van der Waals surface area contributed by atoms with Crippen LogP contribution < -0.4 is 4.90 Å². The summed E-state index contributed by atoms with van der Waals surface area (Å²) in [5, 5.41) is 0. The molecule has 0 spiro atoms. The van der Waals surface area contributed by atoms with Gasteiger partial charge in [0.25, 0.3) is 0 Å². The number of anilines is 1. The Morgan fingerprint density at radius 3 is 2.38 bits per heavy atom. The zero-order chi connectivity index (χ0) is 23.9. The fraction of sp³-hybridized carbons (Fsp3) is 0.654. The van der Waals surface area contributed by atoms with Crippen LogP contribution >= 0.6 is 0 Å². The van der Waals surface area contributed by atoms with Gasteiger partial charge in [-0.05, 0) is 63.4 Å². The van der Waals surface area contributed by atoms with Crippen molar-refractivity contribution in [1.82, 2.24) is 9.80 Å². The molecule has 2 bridgehead atoms.